The number of rotatable bonds is 3. The van der Waals surface area contributed by atoms with Gasteiger partial charge in [-0.15, -0.1) is 0 Å². The zero-order valence-electron chi connectivity index (χ0n) is 10.6. The molecule has 1 fully saturated rings. The molecule has 0 aromatic carbocycles. The second kappa shape index (κ2) is 5.93. The van der Waals surface area contributed by atoms with Gasteiger partial charge in [0.25, 0.3) is 5.91 Å². The van der Waals surface area contributed by atoms with Gasteiger partial charge in [-0.1, -0.05) is 6.07 Å². The van der Waals surface area contributed by atoms with E-state index in [1.807, 2.05) is 18.2 Å². The molecule has 5 heteroatoms. The number of carbonyl (C=O) groups excluding carboxylic acids is 1. The van der Waals surface area contributed by atoms with Crippen molar-refractivity contribution < 1.29 is 9.90 Å². The molecule has 98 valence electrons. The monoisotopic (exact) mass is 249 g/mol. The minimum Gasteiger partial charge on any atom is -0.384 e. The lowest BCUT2D eigenvalue weighted by Gasteiger charge is -2.35. The highest BCUT2D eigenvalue weighted by atomic mass is 16.3. The van der Waals surface area contributed by atoms with E-state index in [0.717, 1.165) is 25.3 Å². The van der Waals surface area contributed by atoms with Gasteiger partial charge in [-0.2, -0.15) is 0 Å². The van der Waals surface area contributed by atoms with Gasteiger partial charge in [0, 0.05) is 38.9 Å². The molecule has 1 atom stereocenters. The Balaban J connectivity index is 1.82. The number of pyridine rings is 1. The summed E-state index contributed by atoms with van der Waals surface area (Å²) in [4.78, 5) is 19.9. The van der Waals surface area contributed by atoms with Crippen molar-refractivity contribution in [2.75, 3.05) is 26.2 Å². The summed E-state index contributed by atoms with van der Waals surface area (Å²) >= 11 is 0. The standard InChI is InChI=1S/C13H19N3O2/c1-11(17)13(18)16-8-6-15(7-9-16)10-12-4-2-3-5-14-12/h2-5,11,17H,6-10H2,1H3/t11-/m1/s1. The molecule has 1 aromatic rings. The topological polar surface area (TPSA) is 56.7 Å². The fourth-order valence-electron chi connectivity index (χ4n) is 2.11. The average molecular weight is 249 g/mol. The second-order valence-electron chi connectivity index (χ2n) is 4.60. The molecule has 1 aromatic heterocycles. The number of piperazine rings is 1. The van der Waals surface area contributed by atoms with E-state index in [9.17, 15) is 9.90 Å². The maximum Gasteiger partial charge on any atom is 0.251 e. The largest absolute Gasteiger partial charge is 0.384 e. The molecule has 18 heavy (non-hydrogen) atoms. The Morgan fingerprint density at radius 2 is 2.11 bits per heavy atom. The third-order valence-electron chi connectivity index (χ3n) is 3.15. The van der Waals surface area contributed by atoms with E-state index >= 15 is 0 Å². The third kappa shape index (κ3) is 3.27. The molecular formula is C13H19N3O2. The summed E-state index contributed by atoms with van der Waals surface area (Å²) in [6.07, 6.45) is 0.898. The number of aliphatic hydroxyl groups is 1. The molecule has 1 saturated heterocycles. The number of aromatic nitrogens is 1. The molecule has 1 aliphatic heterocycles. The minimum atomic E-state index is -0.896. The Kier molecular flexibility index (Phi) is 4.28. The lowest BCUT2D eigenvalue weighted by atomic mass is 10.2. The number of hydrogen-bond acceptors (Lipinski definition) is 4. The van der Waals surface area contributed by atoms with Crippen molar-refractivity contribution in [2.45, 2.75) is 19.6 Å². The van der Waals surface area contributed by atoms with Crippen molar-refractivity contribution in [1.82, 2.24) is 14.8 Å². The first-order valence-electron chi connectivity index (χ1n) is 6.26. The van der Waals surface area contributed by atoms with Crippen molar-refractivity contribution in [3.05, 3.63) is 30.1 Å². The molecule has 2 heterocycles. The number of nitrogens with zero attached hydrogens (tertiary/aromatic N) is 3. The molecule has 0 radical (unpaired) electrons. The van der Waals surface area contributed by atoms with E-state index in [-0.39, 0.29) is 5.91 Å². The maximum atomic E-state index is 11.6. The van der Waals surface area contributed by atoms with Crippen LogP contribution in [0, 0.1) is 0 Å². The molecule has 5 nitrogen and oxygen atoms in total. The van der Waals surface area contributed by atoms with Gasteiger partial charge in [0.05, 0.1) is 5.69 Å². The van der Waals surface area contributed by atoms with E-state index in [1.54, 1.807) is 11.1 Å². The number of carbonyl (C=O) groups is 1. The predicted octanol–water partition coefficient (Wildman–Crippen LogP) is 0.107. The van der Waals surface area contributed by atoms with Crippen LogP contribution in [0.5, 0.6) is 0 Å². The van der Waals surface area contributed by atoms with Crippen molar-refractivity contribution >= 4 is 5.91 Å². The zero-order chi connectivity index (χ0) is 13.0. The van der Waals surface area contributed by atoms with E-state index in [1.165, 1.54) is 6.92 Å². The van der Waals surface area contributed by atoms with Crippen LogP contribution in [0.1, 0.15) is 12.6 Å². The summed E-state index contributed by atoms with van der Waals surface area (Å²) in [5, 5.41) is 9.26. The summed E-state index contributed by atoms with van der Waals surface area (Å²) in [5.74, 6) is -0.174. The van der Waals surface area contributed by atoms with Gasteiger partial charge in [-0.3, -0.25) is 14.7 Å². The van der Waals surface area contributed by atoms with Crippen molar-refractivity contribution in [3.63, 3.8) is 0 Å². The van der Waals surface area contributed by atoms with Crippen molar-refractivity contribution in [2.24, 2.45) is 0 Å². The van der Waals surface area contributed by atoms with Crippen LogP contribution in [0.3, 0.4) is 0 Å². The van der Waals surface area contributed by atoms with Gasteiger partial charge < -0.3 is 10.0 Å². The highest BCUT2D eigenvalue weighted by Gasteiger charge is 2.23. The summed E-state index contributed by atoms with van der Waals surface area (Å²) in [5.41, 5.74) is 1.05. The Morgan fingerprint density at radius 1 is 1.39 bits per heavy atom. The maximum absolute atomic E-state index is 11.6. The van der Waals surface area contributed by atoms with Gasteiger partial charge >= 0.3 is 0 Å². The molecule has 1 amide bonds. The van der Waals surface area contributed by atoms with E-state index in [0.29, 0.717) is 13.1 Å². The molecular weight excluding hydrogens is 230 g/mol. The highest BCUT2D eigenvalue weighted by Crippen LogP contribution is 2.07. The van der Waals surface area contributed by atoms with Crippen molar-refractivity contribution in [3.8, 4) is 0 Å². The third-order valence-corrected chi connectivity index (χ3v) is 3.15. The summed E-state index contributed by atoms with van der Waals surface area (Å²) < 4.78 is 0. The number of hydrogen-bond donors (Lipinski definition) is 1. The normalized spacial score (nSPS) is 18.7. The van der Waals surface area contributed by atoms with E-state index in [2.05, 4.69) is 9.88 Å². The van der Waals surface area contributed by atoms with E-state index in [4.69, 9.17) is 0 Å². The van der Waals surface area contributed by atoms with Gasteiger partial charge in [-0.05, 0) is 19.1 Å². The van der Waals surface area contributed by atoms with Crippen LogP contribution >= 0.6 is 0 Å². The predicted molar refractivity (Wildman–Crippen MR) is 67.8 cm³/mol. The second-order valence-corrected chi connectivity index (χ2v) is 4.60. The molecule has 1 N–H and O–H groups in total. The van der Waals surface area contributed by atoms with Gasteiger partial charge in [0.15, 0.2) is 0 Å². The van der Waals surface area contributed by atoms with Crippen LogP contribution in [0.4, 0.5) is 0 Å². The molecule has 1 aliphatic rings. The zero-order valence-corrected chi connectivity index (χ0v) is 10.6. The highest BCUT2D eigenvalue weighted by molar-refractivity contribution is 5.80. The molecule has 0 bridgehead atoms. The number of aliphatic hydroxyl groups excluding tert-OH is 1. The van der Waals surface area contributed by atoms with Crippen LogP contribution in [-0.4, -0.2) is 58.1 Å². The lowest BCUT2D eigenvalue weighted by molar-refractivity contribution is -0.141. The summed E-state index contributed by atoms with van der Waals surface area (Å²) in [7, 11) is 0. The summed E-state index contributed by atoms with van der Waals surface area (Å²) in [6, 6.07) is 5.89. The molecule has 0 aliphatic carbocycles. The molecule has 2 rings (SSSR count). The fraction of sp³-hybridized carbons (Fsp3) is 0.538. The van der Waals surface area contributed by atoms with Gasteiger partial charge in [0.2, 0.25) is 0 Å². The minimum absolute atomic E-state index is 0.174. The first-order valence-corrected chi connectivity index (χ1v) is 6.26. The Hall–Kier alpha value is -1.46. The molecule has 0 saturated carbocycles. The first-order chi connectivity index (χ1) is 8.66. The first kappa shape index (κ1) is 13.0. The van der Waals surface area contributed by atoms with Crippen LogP contribution in [0.15, 0.2) is 24.4 Å². The SMILES string of the molecule is C[C@@H](O)C(=O)N1CCN(Cc2ccccn2)CC1. The Bertz CT molecular complexity index is 386. The molecule has 0 unspecified atom stereocenters. The Morgan fingerprint density at radius 3 is 2.67 bits per heavy atom. The summed E-state index contributed by atoms with van der Waals surface area (Å²) in [6.45, 7) is 5.34. The lowest BCUT2D eigenvalue weighted by Crippen LogP contribution is -2.50. The average Bonchev–Trinajstić information content (AvgIpc) is 2.40. The Labute approximate surface area is 107 Å². The quantitative estimate of drug-likeness (QED) is 0.826. The molecule has 0 spiro atoms. The van der Waals surface area contributed by atoms with Gasteiger partial charge in [-0.25, -0.2) is 0 Å². The smallest absolute Gasteiger partial charge is 0.251 e. The van der Waals surface area contributed by atoms with E-state index < -0.39 is 6.10 Å². The van der Waals surface area contributed by atoms with Crippen LogP contribution in [-0.2, 0) is 11.3 Å². The van der Waals surface area contributed by atoms with Gasteiger partial charge in [0.1, 0.15) is 6.10 Å². The van der Waals surface area contributed by atoms with Crippen molar-refractivity contribution in [1.29, 1.82) is 0 Å². The van der Waals surface area contributed by atoms with Crippen LogP contribution in [0.2, 0.25) is 0 Å². The number of amides is 1. The van der Waals surface area contributed by atoms with Crippen LogP contribution < -0.4 is 0 Å². The fourth-order valence-corrected chi connectivity index (χ4v) is 2.11. The van der Waals surface area contributed by atoms with Crippen LogP contribution in [0.25, 0.3) is 0 Å².